The van der Waals surface area contributed by atoms with Gasteiger partial charge in [0, 0.05) is 29.0 Å². The van der Waals surface area contributed by atoms with Gasteiger partial charge in [0.1, 0.15) is 12.3 Å². The van der Waals surface area contributed by atoms with Crippen molar-refractivity contribution in [3.63, 3.8) is 0 Å². The highest BCUT2D eigenvalue weighted by atomic mass is 16.4. The van der Waals surface area contributed by atoms with Crippen LogP contribution in [0.2, 0.25) is 0 Å². The molecule has 2 saturated carbocycles. The van der Waals surface area contributed by atoms with E-state index in [4.69, 9.17) is 5.10 Å². The normalized spacial score (nSPS) is 18.8. The van der Waals surface area contributed by atoms with Gasteiger partial charge in [-0.05, 0) is 55.5 Å². The van der Waals surface area contributed by atoms with Crippen molar-refractivity contribution in [2.45, 2.75) is 71.1 Å². The number of hydrazone groups is 1. The fraction of sp³-hybridized carbons (Fsp3) is 0.452. The minimum Gasteiger partial charge on any atom is -0.478 e. The molecule has 9 nitrogen and oxygen atoms in total. The number of fused-ring (bicyclic) bond motifs is 1. The van der Waals surface area contributed by atoms with Crippen LogP contribution in [0.3, 0.4) is 0 Å². The molecule has 3 aliphatic rings. The molecule has 210 valence electrons. The average Bonchev–Trinajstić information content (AvgIpc) is 3.34. The molecule has 1 aliphatic heterocycles. The van der Waals surface area contributed by atoms with Gasteiger partial charge in [-0.15, -0.1) is 0 Å². The number of urea groups is 1. The van der Waals surface area contributed by atoms with Gasteiger partial charge in [-0.25, -0.2) is 14.6 Å². The Balaban J connectivity index is 1.38. The first-order valence-corrected chi connectivity index (χ1v) is 14.2. The minimum absolute atomic E-state index is 0.0505. The number of aromatic carboxylic acids is 1. The van der Waals surface area contributed by atoms with Crippen LogP contribution in [0.1, 0.15) is 86.2 Å². The van der Waals surface area contributed by atoms with E-state index in [1.54, 1.807) is 12.1 Å². The van der Waals surface area contributed by atoms with Crippen molar-refractivity contribution in [2.24, 2.45) is 16.4 Å². The number of carboxylic acid groups (broad SMARTS) is 1. The number of hydrogen-bond donors (Lipinski definition) is 3. The molecule has 0 radical (unpaired) electrons. The fourth-order valence-corrected chi connectivity index (χ4v) is 6.12. The Morgan fingerprint density at radius 2 is 1.80 bits per heavy atom. The molecule has 2 aromatic rings. The third-order valence-corrected chi connectivity index (χ3v) is 8.49. The van der Waals surface area contributed by atoms with Crippen molar-refractivity contribution in [2.75, 3.05) is 17.2 Å². The summed E-state index contributed by atoms with van der Waals surface area (Å²) in [6.07, 6.45) is 9.54. The third-order valence-electron chi connectivity index (χ3n) is 8.49. The smallest absolute Gasteiger partial charge is 0.342 e. The molecule has 0 unspecified atom stereocenters. The summed E-state index contributed by atoms with van der Waals surface area (Å²) in [6, 6.07) is 11.2. The minimum atomic E-state index is -1.10. The number of carbonyl (C=O) groups excluding carboxylic acids is 3. The van der Waals surface area contributed by atoms with Gasteiger partial charge in [0.15, 0.2) is 0 Å². The molecule has 0 saturated heterocycles. The van der Waals surface area contributed by atoms with E-state index in [1.165, 1.54) is 12.1 Å². The SMILES string of the molecule is CC1(C(=O)Cc2ccc3c(c2)NC(=O)N(CC(=O)Nc2cccc(C(=O)O)c2)N=C3C2CCCCC2)CCCC1. The lowest BCUT2D eigenvalue weighted by molar-refractivity contribution is -0.127. The number of carbonyl (C=O) groups is 4. The molecule has 0 aromatic heterocycles. The molecular weight excluding hydrogens is 508 g/mol. The van der Waals surface area contributed by atoms with Crippen LogP contribution in [0, 0.1) is 11.3 Å². The summed E-state index contributed by atoms with van der Waals surface area (Å²) in [5.41, 5.74) is 3.14. The first-order chi connectivity index (χ1) is 19.2. The summed E-state index contributed by atoms with van der Waals surface area (Å²) in [4.78, 5) is 50.7. The van der Waals surface area contributed by atoms with Crippen LogP contribution in [0.25, 0.3) is 0 Å². The van der Waals surface area contributed by atoms with Gasteiger partial charge >= 0.3 is 12.0 Å². The van der Waals surface area contributed by atoms with Gasteiger partial charge < -0.3 is 15.7 Å². The molecule has 0 atom stereocenters. The third kappa shape index (κ3) is 6.08. The lowest BCUT2D eigenvalue weighted by atomic mass is 9.80. The van der Waals surface area contributed by atoms with Crippen molar-refractivity contribution >= 4 is 40.8 Å². The maximum Gasteiger partial charge on any atom is 0.342 e. The average molecular weight is 545 g/mol. The van der Waals surface area contributed by atoms with Crippen LogP contribution < -0.4 is 10.6 Å². The number of ketones is 1. The van der Waals surface area contributed by atoms with Gasteiger partial charge in [0.2, 0.25) is 5.91 Å². The Kier molecular flexibility index (Phi) is 8.00. The number of benzene rings is 2. The van der Waals surface area contributed by atoms with Crippen molar-refractivity contribution in [1.82, 2.24) is 5.01 Å². The number of Topliss-reactive ketones (excluding diaryl/α,β-unsaturated/α-hetero) is 1. The summed E-state index contributed by atoms with van der Waals surface area (Å²) in [7, 11) is 0. The van der Waals surface area contributed by atoms with Gasteiger partial charge in [-0.3, -0.25) is 9.59 Å². The van der Waals surface area contributed by atoms with E-state index in [1.807, 2.05) is 18.2 Å². The molecule has 5 rings (SSSR count). The summed E-state index contributed by atoms with van der Waals surface area (Å²) in [5, 5.41) is 20.7. The Morgan fingerprint density at radius 3 is 2.52 bits per heavy atom. The van der Waals surface area contributed by atoms with Crippen molar-refractivity contribution in [1.29, 1.82) is 0 Å². The van der Waals surface area contributed by atoms with E-state index in [0.717, 1.165) is 79.6 Å². The lowest BCUT2D eigenvalue weighted by Crippen LogP contribution is -2.37. The van der Waals surface area contributed by atoms with Gasteiger partial charge in [0.25, 0.3) is 0 Å². The second-order valence-corrected chi connectivity index (χ2v) is 11.5. The molecule has 1 heterocycles. The zero-order valence-corrected chi connectivity index (χ0v) is 22.9. The van der Waals surface area contributed by atoms with Crippen molar-refractivity contribution in [3.05, 3.63) is 59.2 Å². The van der Waals surface area contributed by atoms with Gasteiger partial charge in [-0.1, -0.05) is 57.2 Å². The molecule has 0 spiro atoms. The number of hydrogen-bond acceptors (Lipinski definition) is 5. The standard InChI is InChI=1S/C31H36N4O5/c1-31(14-5-6-15-31)26(36)17-20-12-13-24-25(16-20)33-30(40)35(34-28(24)21-8-3-2-4-9-21)19-27(37)32-23-11-7-10-22(18-23)29(38)39/h7,10-13,16,18,21H,2-6,8-9,14-15,17,19H2,1H3,(H,32,37)(H,33,40)(H,38,39). The van der Waals surface area contributed by atoms with Crippen LogP contribution in [0.4, 0.5) is 16.2 Å². The predicted molar refractivity (Wildman–Crippen MR) is 153 cm³/mol. The van der Waals surface area contributed by atoms with E-state index in [0.29, 0.717) is 17.8 Å². The Labute approximate surface area is 234 Å². The first-order valence-electron chi connectivity index (χ1n) is 14.2. The predicted octanol–water partition coefficient (Wildman–Crippen LogP) is 5.85. The Morgan fingerprint density at radius 1 is 1.05 bits per heavy atom. The largest absolute Gasteiger partial charge is 0.478 e. The number of nitrogens with one attached hydrogen (secondary N) is 2. The van der Waals surface area contributed by atoms with E-state index in [-0.39, 0.29) is 29.2 Å². The van der Waals surface area contributed by atoms with Crippen molar-refractivity contribution < 1.29 is 24.3 Å². The Bertz CT molecular complexity index is 1360. The number of rotatable bonds is 8. The number of nitrogens with zero attached hydrogens (tertiary/aromatic N) is 2. The van der Waals surface area contributed by atoms with E-state index < -0.39 is 17.9 Å². The number of anilines is 2. The highest BCUT2D eigenvalue weighted by Gasteiger charge is 2.36. The molecule has 3 N–H and O–H groups in total. The molecule has 3 amide bonds. The second-order valence-electron chi connectivity index (χ2n) is 11.5. The maximum atomic E-state index is 13.3. The fourth-order valence-electron chi connectivity index (χ4n) is 6.12. The lowest BCUT2D eigenvalue weighted by Gasteiger charge is -2.25. The van der Waals surface area contributed by atoms with Crippen LogP contribution in [-0.2, 0) is 16.0 Å². The highest BCUT2D eigenvalue weighted by molar-refractivity contribution is 6.11. The monoisotopic (exact) mass is 544 g/mol. The first kappa shape index (κ1) is 27.6. The van der Waals surface area contributed by atoms with Crippen LogP contribution >= 0.6 is 0 Å². The molecule has 2 fully saturated rings. The molecule has 9 heteroatoms. The molecule has 0 bridgehead atoms. The van der Waals surface area contributed by atoms with Crippen LogP contribution in [0.5, 0.6) is 0 Å². The number of carboxylic acids is 1. The maximum absolute atomic E-state index is 13.3. The van der Waals surface area contributed by atoms with Gasteiger partial charge in [0.05, 0.1) is 17.0 Å². The van der Waals surface area contributed by atoms with Crippen molar-refractivity contribution in [3.8, 4) is 0 Å². The topological polar surface area (TPSA) is 128 Å². The zero-order valence-electron chi connectivity index (χ0n) is 22.9. The Hall–Kier alpha value is -4.01. The molecule has 2 aromatic carbocycles. The zero-order chi connectivity index (χ0) is 28.3. The molecular formula is C31H36N4O5. The second kappa shape index (κ2) is 11.6. The highest BCUT2D eigenvalue weighted by Crippen LogP contribution is 2.39. The molecule has 40 heavy (non-hydrogen) atoms. The van der Waals surface area contributed by atoms with E-state index in [2.05, 4.69) is 17.6 Å². The quantitative estimate of drug-likeness (QED) is 0.384. The summed E-state index contributed by atoms with van der Waals surface area (Å²) in [6.45, 7) is 1.72. The number of amides is 3. The van der Waals surface area contributed by atoms with E-state index in [9.17, 15) is 24.3 Å². The van der Waals surface area contributed by atoms with Crippen LogP contribution in [0.15, 0.2) is 47.6 Å². The van der Waals surface area contributed by atoms with Crippen LogP contribution in [-0.4, -0.2) is 46.1 Å². The summed E-state index contributed by atoms with van der Waals surface area (Å²) >= 11 is 0. The van der Waals surface area contributed by atoms with E-state index >= 15 is 0 Å². The summed E-state index contributed by atoms with van der Waals surface area (Å²) in [5.74, 6) is -1.20. The summed E-state index contributed by atoms with van der Waals surface area (Å²) < 4.78 is 0. The van der Waals surface area contributed by atoms with Gasteiger partial charge in [-0.2, -0.15) is 5.10 Å². The molecule has 2 aliphatic carbocycles.